The van der Waals surface area contributed by atoms with E-state index in [0.717, 1.165) is 6.07 Å². The van der Waals surface area contributed by atoms with Crippen LogP contribution in [-0.4, -0.2) is 35.1 Å². The first-order valence-corrected chi connectivity index (χ1v) is 6.21. The van der Waals surface area contributed by atoms with E-state index in [-0.39, 0.29) is 23.6 Å². The molecule has 1 fully saturated rings. The van der Waals surface area contributed by atoms with Gasteiger partial charge in [0.1, 0.15) is 5.69 Å². The molecule has 8 heteroatoms. The van der Waals surface area contributed by atoms with Gasteiger partial charge in [-0.25, -0.2) is 0 Å². The van der Waals surface area contributed by atoms with Crippen LogP contribution in [0.1, 0.15) is 13.8 Å². The molecule has 0 aliphatic carbocycles. The minimum Gasteiger partial charge on any atom is -0.372 e. The van der Waals surface area contributed by atoms with Crippen molar-refractivity contribution < 1.29 is 14.6 Å². The molecule has 0 spiro atoms. The molecular formula is C12H15N3O5. The van der Waals surface area contributed by atoms with E-state index in [4.69, 9.17) is 4.74 Å². The second-order valence-electron chi connectivity index (χ2n) is 4.85. The molecule has 0 unspecified atom stereocenters. The number of rotatable bonds is 3. The molecule has 0 aromatic heterocycles. The first-order valence-electron chi connectivity index (χ1n) is 6.21. The van der Waals surface area contributed by atoms with Crippen molar-refractivity contribution in [2.75, 3.05) is 18.0 Å². The number of nitro benzene ring substituents is 2. The van der Waals surface area contributed by atoms with Crippen molar-refractivity contribution in [3.05, 3.63) is 38.4 Å². The van der Waals surface area contributed by atoms with Gasteiger partial charge in [-0.15, -0.1) is 0 Å². The van der Waals surface area contributed by atoms with Gasteiger partial charge in [-0.1, -0.05) is 0 Å². The third-order valence-corrected chi connectivity index (χ3v) is 3.13. The summed E-state index contributed by atoms with van der Waals surface area (Å²) >= 11 is 0. The average molecular weight is 281 g/mol. The highest BCUT2D eigenvalue weighted by atomic mass is 16.6. The molecule has 0 amide bonds. The van der Waals surface area contributed by atoms with E-state index in [0.29, 0.717) is 18.8 Å². The summed E-state index contributed by atoms with van der Waals surface area (Å²) < 4.78 is 5.58. The molecule has 0 bridgehead atoms. The van der Waals surface area contributed by atoms with Crippen LogP contribution in [0.3, 0.4) is 0 Å². The highest BCUT2D eigenvalue weighted by Crippen LogP contribution is 2.33. The highest BCUT2D eigenvalue weighted by Gasteiger charge is 2.28. The van der Waals surface area contributed by atoms with Gasteiger partial charge in [0, 0.05) is 19.2 Å². The van der Waals surface area contributed by atoms with Crippen LogP contribution in [0.5, 0.6) is 0 Å². The number of morpholine rings is 1. The van der Waals surface area contributed by atoms with Crippen molar-refractivity contribution in [1.29, 1.82) is 0 Å². The Hall–Kier alpha value is -2.22. The minimum atomic E-state index is -0.638. The number of nitrogens with zero attached hydrogens (tertiary/aromatic N) is 3. The average Bonchev–Trinajstić information content (AvgIpc) is 2.36. The molecule has 0 N–H and O–H groups in total. The predicted octanol–water partition coefficient (Wildman–Crippen LogP) is 2.12. The lowest BCUT2D eigenvalue weighted by atomic mass is 10.1. The van der Waals surface area contributed by atoms with Gasteiger partial charge in [0.25, 0.3) is 11.4 Å². The van der Waals surface area contributed by atoms with Crippen LogP contribution >= 0.6 is 0 Å². The van der Waals surface area contributed by atoms with Gasteiger partial charge in [0.2, 0.25) is 0 Å². The fraction of sp³-hybridized carbons (Fsp3) is 0.500. The van der Waals surface area contributed by atoms with Crippen LogP contribution in [0.25, 0.3) is 0 Å². The van der Waals surface area contributed by atoms with Gasteiger partial charge in [-0.3, -0.25) is 20.2 Å². The monoisotopic (exact) mass is 281 g/mol. The number of nitro groups is 2. The Morgan fingerprint density at radius 1 is 1.15 bits per heavy atom. The summed E-state index contributed by atoms with van der Waals surface area (Å²) in [5, 5.41) is 21.8. The zero-order valence-corrected chi connectivity index (χ0v) is 11.2. The maximum Gasteiger partial charge on any atom is 0.299 e. The quantitative estimate of drug-likeness (QED) is 0.621. The molecule has 20 heavy (non-hydrogen) atoms. The molecular weight excluding hydrogens is 266 g/mol. The molecule has 2 atom stereocenters. The fourth-order valence-corrected chi connectivity index (χ4v) is 2.41. The van der Waals surface area contributed by atoms with Gasteiger partial charge in [0.15, 0.2) is 0 Å². The molecule has 1 saturated heterocycles. The first-order chi connectivity index (χ1) is 9.38. The summed E-state index contributed by atoms with van der Waals surface area (Å²) in [6, 6.07) is 3.72. The molecule has 108 valence electrons. The predicted molar refractivity (Wildman–Crippen MR) is 72.0 cm³/mol. The Kier molecular flexibility index (Phi) is 3.84. The minimum absolute atomic E-state index is 0.0476. The molecule has 1 aliphatic heterocycles. The third-order valence-electron chi connectivity index (χ3n) is 3.13. The van der Waals surface area contributed by atoms with Crippen molar-refractivity contribution in [3.63, 3.8) is 0 Å². The normalized spacial score (nSPS) is 22.6. The maximum atomic E-state index is 11.1. The molecule has 0 radical (unpaired) electrons. The van der Waals surface area contributed by atoms with Crippen molar-refractivity contribution in [3.8, 4) is 0 Å². The third kappa shape index (κ3) is 2.85. The topological polar surface area (TPSA) is 98.8 Å². The van der Waals surface area contributed by atoms with Crippen molar-refractivity contribution in [1.82, 2.24) is 0 Å². The van der Waals surface area contributed by atoms with Crippen molar-refractivity contribution in [2.24, 2.45) is 0 Å². The van der Waals surface area contributed by atoms with E-state index in [1.54, 1.807) is 0 Å². The Morgan fingerprint density at radius 3 is 2.25 bits per heavy atom. The molecule has 1 aromatic rings. The van der Waals surface area contributed by atoms with Crippen molar-refractivity contribution in [2.45, 2.75) is 26.1 Å². The Morgan fingerprint density at radius 2 is 1.75 bits per heavy atom. The summed E-state index contributed by atoms with van der Waals surface area (Å²) in [4.78, 5) is 22.5. The van der Waals surface area contributed by atoms with E-state index in [2.05, 4.69) is 0 Å². The van der Waals surface area contributed by atoms with Gasteiger partial charge in [-0.05, 0) is 19.9 Å². The standard InChI is InChI=1S/C12H15N3O5/c1-8-6-13(7-9(2)20-8)11-4-3-10(14(16)17)5-12(11)15(18)19/h3-5,8-9H,6-7H2,1-2H3/t8-,9+. The van der Waals surface area contributed by atoms with E-state index >= 15 is 0 Å². The number of non-ortho nitro benzene ring substituents is 1. The number of ether oxygens (including phenoxy) is 1. The summed E-state index contributed by atoms with van der Waals surface area (Å²) in [6.45, 7) is 4.81. The van der Waals surface area contributed by atoms with Crippen LogP contribution in [-0.2, 0) is 4.74 Å². The molecule has 1 aliphatic rings. The Labute approximate surface area is 115 Å². The maximum absolute atomic E-state index is 11.1. The largest absolute Gasteiger partial charge is 0.372 e. The van der Waals surface area contributed by atoms with E-state index in [9.17, 15) is 20.2 Å². The van der Waals surface area contributed by atoms with Crippen LogP contribution in [0.4, 0.5) is 17.1 Å². The molecule has 0 saturated carbocycles. The van der Waals surface area contributed by atoms with Gasteiger partial charge >= 0.3 is 0 Å². The lowest BCUT2D eigenvalue weighted by Gasteiger charge is -2.36. The Bertz CT molecular complexity index is 538. The van der Waals surface area contributed by atoms with E-state index in [1.165, 1.54) is 12.1 Å². The van der Waals surface area contributed by atoms with E-state index in [1.807, 2.05) is 18.7 Å². The van der Waals surface area contributed by atoms with Gasteiger partial charge in [0.05, 0.1) is 28.1 Å². The summed E-state index contributed by atoms with van der Waals surface area (Å²) in [5.74, 6) is 0. The van der Waals surface area contributed by atoms with Gasteiger partial charge in [-0.2, -0.15) is 0 Å². The second-order valence-corrected chi connectivity index (χ2v) is 4.85. The zero-order valence-electron chi connectivity index (χ0n) is 11.2. The molecule has 1 aromatic carbocycles. The molecule has 2 rings (SSSR count). The Balaban J connectivity index is 2.40. The van der Waals surface area contributed by atoms with Crippen LogP contribution in [0.15, 0.2) is 18.2 Å². The lowest BCUT2D eigenvalue weighted by molar-refractivity contribution is -0.393. The second kappa shape index (κ2) is 5.41. The summed E-state index contributed by atoms with van der Waals surface area (Å²) in [7, 11) is 0. The van der Waals surface area contributed by atoms with Crippen LogP contribution in [0.2, 0.25) is 0 Å². The molecule has 8 nitrogen and oxygen atoms in total. The summed E-state index contributed by atoms with van der Waals surface area (Å²) in [6.07, 6.45) is -0.0953. The van der Waals surface area contributed by atoms with Crippen molar-refractivity contribution >= 4 is 17.1 Å². The molecule has 1 heterocycles. The highest BCUT2D eigenvalue weighted by molar-refractivity contribution is 5.67. The van der Waals surface area contributed by atoms with Crippen LogP contribution in [0, 0.1) is 20.2 Å². The fourth-order valence-electron chi connectivity index (χ4n) is 2.41. The van der Waals surface area contributed by atoms with Gasteiger partial charge < -0.3 is 9.64 Å². The lowest BCUT2D eigenvalue weighted by Crippen LogP contribution is -2.45. The first kappa shape index (κ1) is 14.2. The van der Waals surface area contributed by atoms with Crippen LogP contribution < -0.4 is 4.90 Å². The zero-order chi connectivity index (χ0) is 14.9. The number of anilines is 1. The number of hydrogen-bond acceptors (Lipinski definition) is 6. The summed E-state index contributed by atoms with van der Waals surface area (Å²) in [5.41, 5.74) is -0.141. The number of benzene rings is 1. The van der Waals surface area contributed by atoms with E-state index < -0.39 is 9.85 Å². The smallest absolute Gasteiger partial charge is 0.299 e. The number of hydrogen-bond donors (Lipinski definition) is 0. The SMILES string of the molecule is C[C@@H]1CN(c2ccc([N+](=O)[O-])cc2[N+](=O)[O-])C[C@H](C)O1.